The lowest BCUT2D eigenvalue weighted by Gasteiger charge is -2.24. The Morgan fingerprint density at radius 1 is 0.841 bits per heavy atom. The Morgan fingerprint density at radius 2 is 1.52 bits per heavy atom. The van der Waals surface area contributed by atoms with E-state index in [1.807, 2.05) is 0 Å². The standard InChI is InChI=1S/C29H24N2O13/c32-14-42-12-30(13-43-15-33)9-20-22(34)7-5-18-25(16-3-1-2-4-17(16)28(38)39)19-6-8-23(35)21(27(19)44-26(18)20)10-31(29(40)41)11-24(36)37/h1-8,14-15,35H,9-13H2,(H,36,37)(H,38,39)(H,40,41). The predicted molar refractivity (Wildman–Crippen MR) is 149 cm³/mol. The number of amides is 1. The maximum atomic E-state index is 13.2. The first-order valence-electron chi connectivity index (χ1n) is 12.7. The highest BCUT2D eigenvalue weighted by Crippen LogP contribution is 2.45. The van der Waals surface area contributed by atoms with Crippen LogP contribution in [0.15, 0.2) is 57.7 Å². The molecule has 2 aliphatic rings. The summed E-state index contributed by atoms with van der Waals surface area (Å²) < 4.78 is 15.7. The van der Waals surface area contributed by atoms with Gasteiger partial charge in [0.25, 0.3) is 12.9 Å². The number of nitrogens with zero attached hydrogens (tertiary/aromatic N) is 2. The zero-order valence-corrected chi connectivity index (χ0v) is 22.7. The van der Waals surface area contributed by atoms with Gasteiger partial charge in [-0.25, -0.2) is 14.5 Å². The first-order valence-corrected chi connectivity index (χ1v) is 12.7. The lowest BCUT2D eigenvalue weighted by atomic mass is 9.88. The van der Waals surface area contributed by atoms with Crippen molar-refractivity contribution in [2.24, 2.45) is 0 Å². The second-order valence-corrected chi connectivity index (χ2v) is 9.33. The molecule has 1 aliphatic heterocycles. The minimum absolute atomic E-state index is 0.0441. The molecule has 15 heteroatoms. The van der Waals surface area contributed by atoms with Crippen LogP contribution in [0.2, 0.25) is 0 Å². The van der Waals surface area contributed by atoms with Gasteiger partial charge in [0, 0.05) is 23.1 Å². The Morgan fingerprint density at radius 3 is 2.14 bits per heavy atom. The lowest BCUT2D eigenvalue weighted by Crippen LogP contribution is -2.34. The van der Waals surface area contributed by atoms with E-state index in [0.717, 1.165) is 0 Å². The molecular formula is C29H24N2O13. The van der Waals surface area contributed by atoms with Gasteiger partial charge in [-0.1, -0.05) is 18.2 Å². The van der Waals surface area contributed by atoms with Gasteiger partial charge in [0.1, 0.15) is 37.1 Å². The normalized spacial score (nSPS) is 10.9. The molecule has 1 heterocycles. The second-order valence-electron chi connectivity index (χ2n) is 9.33. The van der Waals surface area contributed by atoms with Gasteiger partial charge < -0.3 is 34.3 Å². The predicted octanol–water partition coefficient (Wildman–Crippen LogP) is 2.60. The molecule has 0 saturated carbocycles. The summed E-state index contributed by atoms with van der Waals surface area (Å²) in [5, 5.41) is 39.9. The van der Waals surface area contributed by atoms with E-state index in [2.05, 4.69) is 0 Å². The quantitative estimate of drug-likeness (QED) is 0.0918. The van der Waals surface area contributed by atoms with Crippen molar-refractivity contribution >= 4 is 41.9 Å². The molecule has 0 spiro atoms. The Hall–Kier alpha value is -5.96. The van der Waals surface area contributed by atoms with Crippen molar-refractivity contribution in [2.45, 2.75) is 13.1 Å². The topological polar surface area (TPSA) is 221 Å². The fraction of sp³-hybridized carbons (Fsp3) is 0.172. The number of ether oxygens (including phenoxy) is 2. The molecule has 228 valence electrons. The molecule has 0 fully saturated rings. The summed E-state index contributed by atoms with van der Waals surface area (Å²) in [7, 11) is 0. The van der Waals surface area contributed by atoms with Crippen LogP contribution in [-0.2, 0) is 36.9 Å². The molecule has 0 radical (unpaired) electrons. The van der Waals surface area contributed by atoms with E-state index in [1.165, 1.54) is 47.4 Å². The van der Waals surface area contributed by atoms with Gasteiger partial charge in [0.2, 0.25) is 0 Å². The van der Waals surface area contributed by atoms with Crippen LogP contribution in [0.5, 0.6) is 5.75 Å². The first-order chi connectivity index (χ1) is 21.1. The highest BCUT2D eigenvalue weighted by molar-refractivity contribution is 6.08. The number of carboxylic acids is 2. The van der Waals surface area contributed by atoms with Crippen molar-refractivity contribution < 1.29 is 58.3 Å². The van der Waals surface area contributed by atoms with Gasteiger partial charge in [-0.15, -0.1) is 0 Å². The van der Waals surface area contributed by atoms with E-state index in [4.69, 9.17) is 13.9 Å². The van der Waals surface area contributed by atoms with Crippen LogP contribution in [0, 0.1) is 0 Å². The number of hydrogen-bond donors (Lipinski definition) is 4. The fourth-order valence-electron chi connectivity index (χ4n) is 4.75. The molecule has 15 nitrogen and oxygen atoms in total. The number of aliphatic carboxylic acids is 1. The molecule has 0 unspecified atom stereocenters. The van der Waals surface area contributed by atoms with Crippen molar-refractivity contribution in [3.8, 4) is 28.2 Å². The highest BCUT2D eigenvalue weighted by Gasteiger charge is 2.28. The molecule has 44 heavy (non-hydrogen) atoms. The number of carboxylic acid groups (broad SMARTS) is 3. The number of carbonyl (C=O) groups is 5. The van der Waals surface area contributed by atoms with Crippen LogP contribution in [0.1, 0.15) is 21.5 Å². The van der Waals surface area contributed by atoms with Gasteiger partial charge in [0.15, 0.2) is 5.43 Å². The molecule has 0 atom stereocenters. The Labute approximate surface area is 247 Å². The lowest BCUT2D eigenvalue weighted by molar-refractivity contribution is -0.142. The molecule has 0 saturated heterocycles. The maximum Gasteiger partial charge on any atom is 0.408 e. The minimum atomic E-state index is -1.61. The Bertz CT molecular complexity index is 1770. The maximum absolute atomic E-state index is 13.2. The van der Waals surface area contributed by atoms with Gasteiger partial charge >= 0.3 is 18.0 Å². The number of hydrogen-bond acceptors (Lipinski definition) is 11. The summed E-state index contributed by atoms with van der Waals surface area (Å²) in [6.07, 6.45) is -1.61. The van der Waals surface area contributed by atoms with E-state index in [1.54, 1.807) is 6.07 Å². The summed E-state index contributed by atoms with van der Waals surface area (Å²) in [4.78, 5) is 72.1. The summed E-state index contributed by atoms with van der Waals surface area (Å²) in [5.41, 5.74) is -0.351. The molecular weight excluding hydrogens is 584 g/mol. The Balaban J connectivity index is 2.09. The van der Waals surface area contributed by atoms with Crippen LogP contribution in [0.3, 0.4) is 0 Å². The van der Waals surface area contributed by atoms with Crippen LogP contribution >= 0.6 is 0 Å². The third-order valence-electron chi connectivity index (χ3n) is 6.60. The van der Waals surface area contributed by atoms with E-state index >= 15 is 0 Å². The highest BCUT2D eigenvalue weighted by atomic mass is 16.6. The van der Waals surface area contributed by atoms with Crippen LogP contribution in [-0.4, -0.2) is 81.2 Å². The molecule has 1 aliphatic carbocycles. The largest absolute Gasteiger partial charge is 0.507 e. The van der Waals surface area contributed by atoms with Gasteiger partial charge in [-0.3, -0.25) is 24.1 Å². The Kier molecular flexibility index (Phi) is 9.40. The number of aromatic hydroxyl groups is 1. The summed E-state index contributed by atoms with van der Waals surface area (Å²) in [6, 6.07) is 11.2. The van der Waals surface area contributed by atoms with Crippen molar-refractivity contribution in [2.75, 3.05) is 20.0 Å². The number of rotatable bonds is 14. The molecule has 4 N–H and O–H groups in total. The summed E-state index contributed by atoms with van der Waals surface area (Å²) in [6.45, 7) is -2.40. The number of fused-ring (bicyclic) bond motifs is 2. The monoisotopic (exact) mass is 608 g/mol. The van der Waals surface area contributed by atoms with E-state index in [0.29, 0.717) is 4.90 Å². The number of aromatic carboxylic acids is 1. The summed E-state index contributed by atoms with van der Waals surface area (Å²) >= 11 is 0. The van der Waals surface area contributed by atoms with Crippen LogP contribution < -0.4 is 5.43 Å². The zero-order valence-electron chi connectivity index (χ0n) is 22.7. The fourth-order valence-corrected chi connectivity index (χ4v) is 4.75. The van der Waals surface area contributed by atoms with Crippen molar-refractivity contribution in [1.82, 2.24) is 9.80 Å². The third kappa shape index (κ3) is 6.42. The molecule has 4 rings (SSSR count). The van der Waals surface area contributed by atoms with Crippen LogP contribution in [0.25, 0.3) is 33.4 Å². The number of carbonyl (C=O) groups excluding carboxylic acids is 2. The van der Waals surface area contributed by atoms with Gasteiger partial charge in [0.05, 0.1) is 23.2 Å². The summed E-state index contributed by atoms with van der Waals surface area (Å²) in [5.74, 6) is -3.30. The average Bonchev–Trinajstić information content (AvgIpc) is 2.99. The SMILES string of the molecule is O=COCN(COC=O)Cc1c2oc3c(CN(CC(=O)O)C(=O)O)c(O)ccc3c(-c3ccccc3C(=O)O)c-2ccc1=O. The minimum Gasteiger partial charge on any atom is -0.507 e. The van der Waals surface area contributed by atoms with Gasteiger partial charge in [-0.2, -0.15) is 0 Å². The van der Waals surface area contributed by atoms with E-state index in [9.17, 15) is 49.2 Å². The number of phenols is 1. The smallest absolute Gasteiger partial charge is 0.408 e. The van der Waals surface area contributed by atoms with E-state index in [-0.39, 0.29) is 69.6 Å². The third-order valence-corrected chi connectivity index (χ3v) is 6.60. The zero-order chi connectivity index (χ0) is 32.0. The van der Waals surface area contributed by atoms with Gasteiger partial charge in [-0.05, 0) is 35.9 Å². The van der Waals surface area contributed by atoms with E-state index < -0.39 is 55.8 Å². The number of benzene rings is 3. The molecule has 0 aromatic heterocycles. The first kappa shape index (κ1) is 31.0. The molecule has 2 aromatic carbocycles. The molecule has 2 aromatic rings. The van der Waals surface area contributed by atoms with Crippen molar-refractivity contribution in [3.05, 3.63) is 75.4 Å². The van der Waals surface area contributed by atoms with Crippen LogP contribution in [0.4, 0.5) is 4.79 Å². The number of phenolic OH excluding ortho intramolecular Hbond substituents is 1. The van der Waals surface area contributed by atoms with Crippen molar-refractivity contribution in [1.29, 1.82) is 0 Å². The van der Waals surface area contributed by atoms with Crippen molar-refractivity contribution in [3.63, 3.8) is 0 Å². The molecule has 0 bridgehead atoms. The average molecular weight is 609 g/mol. The molecule has 1 amide bonds. The second kappa shape index (κ2) is 13.3.